The maximum absolute atomic E-state index is 13.1. The summed E-state index contributed by atoms with van der Waals surface area (Å²) in [7, 11) is 0. The molecule has 86 valence electrons. The van der Waals surface area contributed by atoms with E-state index in [-0.39, 0.29) is 11.9 Å². The Kier molecular flexibility index (Phi) is 3.24. The van der Waals surface area contributed by atoms with Gasteiger partial charge >= 0.3 is 0 Å². The Bertz CT molecular complexity index is 508. The Labute approximate surface area is 99.6 Å². The Morgan fingerprint density at radius 1 is 1.35 bits per heavy atom. The molecule has 0 heterocycles. The average Bonchev–Trinajstić information content (AvgIpc) is 2.35. The van der Waals surface area contributed by atoms with E-state index in [4.69, 9.17) is 10.00 Å². The summed E-state index contributed by atoms with van der Waals surface area (Å²) < 4.78 is 18.8. The predicted molar refractivity (Wildman–Crippen MR) is 63.1 cm³/mol. The molecular formula is C14H12FNO. The molecule has 3 heteroatoms. The molecule has 0 spiro atoms. The zero-order chi connectivity index (χ0) is 12.3. The van der Waals surface area contributed by atoms with E-state index in [1.807, 2.05) is 6.07 Å². The average molecular weight is 229 g/mol. The van der Waals surface area contributed by atoms with Crippen molar-refractivity contribution < 1.29 is 9.13 Å². The van der Waals surface area contributed by atoms with Gasteiger partial charge in [0, 0.05) is 6.42 Å². The fraction of sp³-hybridized carbons (Fsp3) is 0.214. The fourth-order valence-corrected chi connectivity index (χ4v) is 1.67. The Hall–Kier alpha value is -2.08. The summed E-state index contributed by atoms with van der Waals surface area (Å²) >= 11 is 0. The first kappa shape index (κ1) is 11.4. The summed E-state index contributed by atoms with van der Waals surface area (Å²) in [5.74, 6) is 0.512. The van der Waals surface area contributed by atoms with Crippen molar-refractivity contribution in [3.63, 3.8) is 0 Å². The van der Waals surface area contributed by atoms with Crippen molar-refractivity contribution in [2.75, 3.05) is 0 Å². The van der Waals surface area contributed by atoms with Gasteiger partial charge in [0.25, 0.3) is 0 Å². The zero-order valence-corrected chi connectivity index (χ0v) is 9.48. The van der Waals surface area contributed by atoms with Crippen LogP contribution in [0.5, 0.6) is 5.75 Å². The van der Waals surface area contributed by atoms with Crippen molar-refractivity contribution in [2.45, 2.75) is 19.4 Å². The maximum atomic E-state index is 13.1. The fourth-order valence-electron chi connectivity index (χ4n) is 1.67. The Morgan fingerprint density at radius 3 is 2.65 bits per heavy atom. The number of rotatable bonds is 2. The molecule has 0 aliphatic heterocycles. The van der Waals surface area contributed by atoms with Gasteiger partial charge in [-0.3, -0.25) is 0 Å². The molecule has 0 aromatic heterocycles. The van der Waals surface area contributed by atoms with Crippen LogP contribution in [-0.2, 0) is 0 Å². The minimum Gasteiger partial charge on any atom is -0.486 e. The first-order valence-electron chi connectivity index (χ1n) is 5.39. The number of benzene rings is 1. The van der Waals surface area contributed by atoms with Gasteiger partial charge in [0.05, 0.1) is 11.6 Å². The minimum absolute atomic E-state index is 0.137. The molecule has 1 aromatic rings. The van der Waals surface area contributed by atoms with Crippen LogP contribution in [-0.4, -0.2) is 6.10 Å². The third-order valence-corrected chi connectivity index (χ3v) is 2.64. The quantitative estimate of drug-likeness (QED) is 0.777. The molecule has 1 aliphatic rings. The lowest BCUT2D eigenvalue weighted by molar-refractivity contribution is 0.245. The number of ether oxygens (including phenoxy) is 1. The number of hydrogen-bond acceptors (Lipinski definition) is 2. The SMILES string of the molecule is CC1=C(F)C=C[C@H](Oc2ccc(C#N)cc2)C1. The van der Waals surface area contributed by atoms with Crippen molar-refractivity contribution >= 4 is 0 Å². The van der Waals surface area contributed by atoms with Crippen LogP contribution >= 0.6 is 0 Å². The summed E-state index contributed by atoms with van der Waals surface area (Å²) in [4.78, 5) is 0. The second-order valence-corrected chi connectivity index (χ2v) is 3.98. The summed E-state index contributed by atoms with van der Waals surface area (Å²) in [6, 6.07) is 8.94. The van der Waals surface area contributed by atoms with E-state index in [0.717, 1.165) is 0 Å². The van der Waals surface area contributed by atoms with Gasteiger partial charge in [0.15, 0.2) is 0 Å². The van der Waals surface area contributed by atoms with Crippen molar-refractivity contribution in [1.29, 1.82) is 5.26 Å². The van der Waals surface area contributed by atoms with Gasteiger partial charge < -0.3 is 4.74 Å². The van der Waals surface area contributed by atoms with Gasteiger partial charge in [-0.25, -0.2) is 4.39 Å². The highest BCUT2D eigenvalue weighted by Crippen LogP contribution is 2.23. The minimum atomic E-state index is -0.176. The topological polar surface area (TPSA) is 33.0 Å². The highest BCUT2D eigenvalue weighted by atomic mass is 19.1. The van der Waals surface area contributed by atoms with Crippen LogP contribution in [0.1, 0.15) is 18.9 Å². The smallest absolute Gasteiger partial charge is 0.122 e. The zero-order valence-electron chi connectivity index (χ0n) is 9.48. The van der Waals surface area contributed by atoms with Crippen LogP contribution in [0.2, 0.25) is 0 Å². The molecule has 0 bridgehead atoms. The van der Waals surface area contributed by atoms with Crippen LogP contribution in [0, 0.1) is 11.3 Å². The standard InChI is InChI=1S/C14H12FNO/c1-10-8-13(6-7-14(10)15)17-12-4-2-11(9-16)3-5-12/h2-7,13H,8H2,1H3/t13-/m0/s1. The van der Waals surface area contributed by atoms with Gasteiger partial charge in [-0.05, 0) is 48.9 Å². The molecule has 0 radical (unpaired) electrons. The molecule has 0 saturated heterocycles. The second-order valence-electron chi connectivity index (χ2n) is 3.98. The van der Waals surface area contributed by atoms with E-state index in [9.17, 15) is 4.39 Å². The summed E-state index contributed by atoms with van der Waals surface area (Å²) in [5.41, 5.74) is 1.30. The van der Waals surface area contributed by atoms with Gasteiger partial charge in [-0.1, -0.05) is 0 Å². The number of allylic oxidation sites excluding steroid dienone is 2. The van der Waals surface area contributed by atoms with Crippen LogP contribution in [0.4, 0.5) is 4.39 Å². The molecule has 1 aliphatic carbocycles. The molecule has 0 unspecified atom stereocenters. The van der Waals surface area contributed by atoms with Crippen LogP contribution in [0.25, 0.3) is 0 Å². The molecule has 2 rings (SSSR count). The molecule has 0 N–H and O–H groups in total. The molecular weight excluding hydrogens is 217 g/mol. The molecule has 0 saturated carbocycles. The normalized spacial score (nSPS) is 19.0. The van der Waals surface area contributed by atoms with Crippen molar-refractivity contribution in [2.24, 2.45) is 0 Å². The first-order chi connectivity index (χ1) is 8.19. The number of hydrogen-bond donors (Lipinski definition) is 0. The monoisotopic (exact) mass is 229 g/mol. The summed E-state index contributed by atoms with van der Waals surface area (Å²) in [6.07, 6.45) is 3.57. The van der Waals surface area contributed by atoms with E-state index in [1.165, 1.54) is 6.08 Å². The number of nitriles is 1. The van der Waals surface area contributed by atoms with Crippen LogP contribution in [0.3, 0.4) is 0 Å². The van der Waals surface area contributed by atoms with Gasteiger partial charge in [0.2, 0.25) is 0 Å². The molecule has 17 heavy (non-hydrogen) atoms. The largest absolute Gasteiger partial charge is 0.486 e. The van der Waals surface area contributed by atoms with E-state index in [2.05, 4.69) is 0 Å². The Balaban J connectivity index is 2.03. The summed E-state index contributed by atoms with van der Waals surface area (Å²) in [5, 5.41) is 8.66. The van der Waals surface area contributed by atoms with Crippen LogP contribution < -0.4 is 4.74 Å². The van der Waals surface area contributed by atoms with E-state index >= 15 is 0 Å². The van der Waals surface area contributed by atoms with Gasteiger partial charge in [-0.2, -0.15) is 5.26 Å². The van der Waals surface area contributed by atoms with Gasteiger partial charge in [0.1, 0.15) is 17.7 Å². The molecule has 1 aromatic carbocycles. The van der Waals surface area contributed by atoms with Crippen molar-refractivity contribution in [3.8, 4) is 11.8 Å². The lowest BCUT2D eigenvalue weighted by atomic mass is 10.0. The van der Waals surface area contributed by atoms with E-state index in [1.54, 1.807) is 37.3 Å². The highest BCUT2D eigenvalue weighted by molar-refractivity contribution is 5.35. The van der Waals surface area contributed by atoms with Crippen LogP contribution in [0.15, 0.2) is 47.8 Å². The molecule has 0 fully saturated rings. The van der Waals surface area contributed by atoms with Crippen molar-refractivity contribution in [1.82, 2.24) is 0 Å². The van der Waals surface area contributed by atoms with Gasteiger partial charge in [-0.15, -0.1) is 0 Å². The lowest BCUT2D eigenvalue weighted by Crippen LogP contribution is -2.16. The lowest BCUT2D eigenvalue weighted by Gasteiger charge is -2.19. The first-order valence-corrected chi connectivity index (χ1v) is 5.39. The molecule has 0 amide bonds. The van der Waals surface area contributed by atoms with E-state index < -0.39 is 0 Å². The third-order valence-electron chi connectivity index (χ3n) is 2.64. The molecule has 1 atom stereocenters. The van der Waals surface area contributed by atoms with Crippen molar-refractivity contribution in [3.05, 3.63) is 53.4 Å². The number of halogens is 1. The summed E-state index contributed by atoms with van der Waals surface area (Å²) in [6.45, 7) is 1.76. The third kappa shape index (κ3) is 2.73. The highest BCUT2D eigenvalue weighted by Gasteiger charge is 2.14. The predicted octanol–water partition coefficient (Wildman–Crippen LogP) is 3.51. The Morgan fingerprint density at radius 2 is 2.06 bits per heavy atom. The van der Waals surface area contributed by atoms with E-state index in [0.29, 0.717) is 23.3 Å². The number of nitrogens with zero attached hydrogens (tertiary/aromatic N) is 1. The maximum Gasteiger partial charge on any atom is 0.122 e. The molecule has 2 nitrogen and oxygen atoms in total. The second kappa shape index (κ2) is 4.84.